The lowest BCUT2D eigenvalue weighted by Crippen LogP contribution is -2.28. The topological polar surface area (TPSA) is 55.4 Å². The van der Waals surface area contributed by atoms with E-state index in [0.29, 0.717) is 5.02 Å². The maximum Gasteiger partial charge on any atom is 0.331 e. The molecule has 0 atom stereocenters. The Morgan fingerprint density at radius 3 is 2.58 bits per heavy atom. The summed E-state index contributed by atoms with van der Waals surface area (Å²) in [6.45, 7) is -0.188. The number of ether oxygens (including phenoxy) is 1. The van der Waals surface area contributed by atoms with E-state index in [1.165, 1.54) is 18.2 Å². The SMILES string of the molecule is O=C(COC(=O)/C=C/c1ccccc1F)NCc1ccccc1Cl. The van der Waals surface area contributed by atoms with E-state index >= 15 is 0 Å². The average Bonchev–Trinajstić information content (AvgIpc) is 2.58. The summed E-state index contributed by atoms with van der Waals surface area (Å²) in [4.78, 5) is 23.2. The number of carbonyl (C=O) groups is 2. The highest BCUT2D eigenvalue weighted by atomic mass is 35.5. The van der Waals surface area contributed by atoms with Gasteiger partial charge in [-0.3, -0.25) is 4.79 Å². The highest BCUT2D eigenvalue weighted by molar-refractivity contribution is 6.31. The average molecular weight is 348 g/mol. The van der Waals surface area contributed by atoms with Crippen LogP contribution in [0.3, 0.4) is 0 Å². The number of hydrogen-bond donors (Lipinski definition) is 1. The molecular formula is C18H15ClFNO3. The molecule has 0 saturated carbocycles. The number of amides is 1. The summed E-state index contributed by atoms with van der Waals surface area (Å²) in [5.41, 5.74) is 1.02. The molecule has 0 aromatic heterocycles. The van der Waals surface area contributed by atoms with Gasteiger partial charge in [0.05, 0.1) is 0 Å². The van der Waals surface area contributed by atoms with Gasteiger partial charge in [0.15, 0.2) is 6.61 Å². The van der Waals surface area contributed by atoms with Gasteiger partial charge in [0.2, 0.25) is 0 Å². The predicted molar refractivity (Wildman–Crippen MR) is 89.7 cm³/mol. The predicted octanol–water partition coefficient (Wildman–Crippen LogP) is 3.35. The van der Waals surface area contributed by atoms with Gasteiger partial charge >= 0.3 is 5.97 Å². The summed E-state index contributed by atoms with van der Waals surface area (Å²) in [7, 11) is 0. The third kappa shape index (κ3) is 5.52. The number of rotatable bonds is 6. The van der Waals surface area contributed by atoms with Gasteiger partial charge in [0.25, 0.3) is 5.91 Å². The van der Waals surface area contributed by atoms with Crippen molar-refractivity contribution in [3.63, 3.8) is 0 Å². The first kappa shape index (κ1) is 17.7. The van der Waals surface area contributed by atoms with E-state index in [9.17, 15) is 14.0 Å². The smallest absolute Gasteiger partial charge is 0.331 e. The molecule has 6 heteroatoms. The third-order valence-electron chi connectivity index (χ3n) is 3.08. The molecule has 0 aliphatic heterocycles. The fraction of sp³-hybridized carbons (Fsp3) is 0.111. The number of halogens is 2. The Bertz CT molecular complexity index is 761. The molecule has 0 heterocycles. The summed E-state index contributed by atoms with van der Waals surface area (Å²) in [5, 5.41) is 3.14. The second-order valence-corrected chi connectivity index (χ2v) is 5.24. The van der Waals surface area contributed by atoms with Crippen molar-refractivity contribution >= 4 is 29.6 Å². The van der Waals surface area contributed by atoms with Crippen LogP contribution in [-0.4, -0.2) is 18.5 Å². The van der Waals surface area contributed by atoms with Crippen molar-refractivity contribution in [3.05, 3.63) is 76.6 Å². The largest absolute Gasteiger partial charge is 0.452 e. The second-order valence-electron chi connectivity index (χ2n) is 4.83. The minimum atomic E-state index is -0.730. The number of hydrogen-bond acceptors (Lipinski definition) is 3. The first-order chi connectivity index (χ1) is 11.6. The standard InChI is InChI=1S/C18H15ClFNO3/c19-15-7-3-1-6-14(15)11-21-17(22)12-24-18(23)10-9-13-5-2-4-8-16(13)20/h1-10H,11-12H2,(H,21,22)/b10-9+. The van der Waals surface area contributed by atoms with E-state index in [0.717, 1.165) is 11.6 Å². The summed E-state index contributed by atoms with van der Waals surface area (Å²) >= 11 is 5.97. The number of nitrogens with one attached hydrogen (secondary N) is 1. The number of benzene rings is 2. The molecule has 0 unspecified atom stereocenters. The van der Waals surface area contributed by atoms with E-state index in [1.54, 1.807) is 36.4 Å². The Kier molecular flexibility index (Phi) is 6.51. The zero-order chi connectivity index (χ0) is 17.4. The van der Waals surface area contributed by atoms with Gasteiger partial charge in [-0.1, -0.05) is 48.0 Å². The monoisotopic (exact) mass is 347 g/mol. The molecule has 0 aliphatic rings. The van der Waals surface area contributed by atoms with Gasteiger partial charge in [-0.15, -0.1) is 0 Å². The lowest BCUT2D eigenvalue weighted by molar-refractivity contribution is -0.143. The van der Waals surface area contributed by atoms with Crippen LogP contribution in [0.15, 0.2) is 54.6 Å². The molecule has 2 aromatic carbocycles. The Hall–Kier alpha value is -2.66. The van der Waals surface area contributed by atoms with E-state index in [2.05, 4.69) is 5.32 Å². The van der Waals surface area contributed by atoms with Crippen LogP contribution in [0.5, 0.6) is 0 Å². The maximum atomic E-state index is 13.4. The molecule has 2 aromatic rings. The van der Waals surface area contributed by atoms with E-state index in [4.69, 9.17) is 16.3 Å². The first-order valence-corrected chi connectivity index (χ1v) is 7.53. The summed E-state index contributed by atoms with van der Waals surface area (Å²) in [6.07, 6.45) is 2.36. The van der Waals surface area contributed by atoms with Gasteiger partial charge in [-0.2, -0.15) is 0 Å². The third-order valence-corrected chi connectivity index (χ3v) is 3.45. The lowest BCUT2D eigenvalue weighted by Gasteiger charge is -2.06. The van der Waals surface area contributed by atoms with Crippen LogP contribution in [0.2, 0.25) is 5.02 Å². The highest BCUT2D eigenvalue weighted by Crippen LogP contribution is 2.14. The molecule has 2 rings (SSSR count). The molecular weight excluding hydrogens is 333 g/mol. The van der Waals surface area contributed by atoms with Gasteiger partial charge in [-0.05, 0) is 23.8 Å². The van der Waals surface area contributed by atoms with Gasteiger partial charge in [-0.25, -0.2) is 9.18 Å². The van der Waals surface area contributed by atoms with Crippen molar-refractivity contribution in [2.45, 2.75) is 6.54 Å². The minimum Gasteiger partial charge on any atom is -0.452 e. The minimum absolute atomic E-state index is 0.237. The Morgan fingerprint density at radius 2 is 1.83 bits per heavy atom. The summed E-state index contributed by atoms with van der Waals surface area (Å²) < 4.78 is 18.2. The van der Waals surface area contributed by atoms with Gasteiger partial charge < -0.3 is 10.1 Å². The molecule has 24 heavy (non-hydrogen) atoms. The van der Waals surface area contributed by atoms with E-state index < -0.39 is 24.3 Å². The summed E-state index contributed by atoms with van der Waals surface area (Å²) in [5.74, 6) is -1.63. The van der Waals surface area contributed by atoms with Crippen molar-refractivity contribution in [2.24, 2.45) is 0 Å². The highest BCUT2D eigenvalue weighted by Gasteiger charge is 2.06. The molecule has 124 valence electrons. The van der Waals surface area contributed by atoms with Gasteiger partial charge in [0.1, 0.15) is 5.82 Å². The Morgan fingerprint density at radius 1 is 1.12 bits per heavy atom. The first-order valence-electron chi connectivity index (χ1n) is 7.16. The number of esters is 1. The fourth-order valence-electron chi connectivity index (χ4n) is 1.84. The summed E-state index contributed by atoms with van der Waals surface area (Å²) in [6, 6.07) is 13.1. The van der Waals surface area contributed by atoms with Crippen molar-refractivity contribution in [1.82, 2.24) is 5.32 Å². The van der Waals surface area contributed by atoms with Crippen LogP contribution in [0, 0.1) is 5.82 Å². The van der Waals surface area contributed by atoms with Crippen molar-refractivity contribution < 1.29 is 18.7 Å². The molecule has 0 fully saturated rings. The Balaban J connectivity index is 1.76. The molecule has 0 saturated heterocycles. The van der Waals surface area contributed by atoms with Crippen LogP contribution >= 0.6 is 11.6 Å². The molecule has 0 aliphatic carbocycles. The van der Waals surface area contributed by atoms with Crippen molar-refractivity contribution in [2.75, 3.05) is 6.61 Å². The number of carbonyl (C=O) groups excluding carboxylic acids is 2. The molecule has 0 radical (unpaired) electrons. The Labute approximate surface area is 143 Å². The van der Waals surface area contributed by atoms with Crippen LogP contribution in [-0.2, 0) is 20.9 Å². The second kappa shape index (κ2) is 8.84. The zero-order valence-electron chi connectivity index (χ0n) is 12.7. The van der Waals surface area contributed by atoms with E-state index in [-0.39, 0.29) is 12.1 Å². The van der Waals surface area contributed by atoms with Gasteiger partial charge in [0, 0.05) is 23.2 Å². The molecule has 1 N–H and O–H groups in total. The molecule has 4 nitrogen and oxygen atoms in total. The molecule has 0 bridgehead atoms. The zero-order valence-corrected chi connectivity index (χ0v) is 13.4. The quantitative estimate of drug-likeness (QED) is 0.644. The van der Waals surface area contributed by atoms with Crippen LogP contribution < -0.4 is 5.32 Å². The van der Waals surface area contributed by atoms with Crippen molar-refractivity contribution in [1.29, 1.82) is 0 Å². The van der Waals surface area contributed by atoms with Crippen LogP contribution in [0.4, 0.5) is 4.39 Å². The normalized spacial score (nSPS) is 10.6. The van der Waals surface area contributed by atoms with Crippen molar-refractivity contribution in [3.8, 4) is 0 Å². The lowest BCUT2D eigenvalue weighted by atomic mass is 10.2. The van der Waals surface area contributed by atoms with Crippen LogP contribution in [0.1, 0.15) is 11.1 Å². The van der Waals surface area contributed by atoms with E-state index in [1.807, 2.05) is 0 Å². The maximum absolute atomic E-state index is 13.4. The fourth-order valence-corrected chi connectivity index (χ4v) is 2.04. The molecule has 0 spiro atoms. The molecule has 1 amide bonds. The van der Waals surface area contributed by atoms with Crippen LogP contribution in [0.25, 0.3) is 6.08 Å².